The molecule has 1 aromatic rings. The molecule has 2 aliphatic heterocycles. The van der Waals surface area contributed by atoms with Crippen molar-refractivity contribution in [3.63, 3.8) is 0 Å². The molecule has 0 aliphatic carbocycles. The van der Waals surface area contributed by atoms with E-state index in [-0.39, 0.29) is 5.60 Å². The van der Waals surface area contributed by atoms with Gasteiger partial charge in [-0.25, -0.2) is 0 Å². The van der Waals surface area contributed by atoms with E-state index in [1.807, 2.05) is 30.0 Å². The first-order chi connectivity index (χ1) is 8.61. The van der Waals surface area contributed by atoms with Crippen molar-refractivity contribution in [3.05, 3.63) is 28.2 Å². The average molecular weight is 329 g/mol. The van der Waals surface area contributed by atoms with Gasteiger partial charge < -0.3 is 9.84 Å². The largest absolute Gasteiger partial charge is 0.486 e. The molecule has 98 valence electrons. The second kappa shape index (κ2) is 4.73. The van der Waals surface area contributed by atoms with Gasteiger partial charge >= 0.3 is 0 Å². The van der Waals surface area contributed by atoms with Crippen LogP contribution in [0.3, 0.4) is 0 Å². The lowest BCUT2D eigenvalue weighted by Gasteiger charge is -2.46. The minimum atomic E-state index is -0.400. The molecule has 1 N–H and O–H groups in total. The van der Waals surface area contributed by atoms with Crippen LogP contribution < -0.4 is 4.74 Å². The molecule has 18 heavy (non-hydrogen) atoms. The number of rotatable bonds is 0. The Balaban J connectivity index is 1.99. The summed E-state index contributed by atoms with van der Waals surface area (Å²) in [5, 5.41) is 10.8. The average Bonchev–Trinajstić information content (AvgIpc) is 2.32. The number of benzene rings is 1. The van der Waals surface area contributed by atoms with Crippen molar-refractivity contribution >= 4 is 27.7 Å². The molecule has 1 aromatic carbocycles. The van der Waals surface area contributed by atoms with Gasteiger partial charge in [-0.3, -0.25) is 0 Å². The van der Waals surface area contributed by atoms with Gasteiger partial charge in [0.25, 0.3) is 0 Å². The van der Waals surface area contributed by atoms with Crippen molar-refractivity contribution in [1.82, 2.24) is 0 Å². The van der Waals surface area contributed by atoms with Gasteiger partial charge in [-0.1, -0.05) is 22.0 Å². The first-order valence-corrected chi connectivity index (χ1v) is 8.23. The van der Waals surface area contributed by atoms with E-state index in [1.54, 1.807) is 0 Å². The molecule has 0 aromatic heterocycles. The number of ether oxygens (including phenoxy) is 1. The minimum absolute atomic E-state index is 0.184. The lowest BCUT2D eigenvalue weighted by molar-refractivity contribution is -0.0212. The smallest absolute Gasteiger partial charge is 0.127 e. The van der Waals surface area contributed by atoms with Crippen LogP contribution in [0.15, 0.2) is 22.7 Å². The molecule has 0 amide bonds. The highest BCUT2D eigenvalue weighted by Crippen LogP contribution is 2.48. The molecule has 1 spiro atoms. The van der Waals surface area contributed by atoms with Crippen molar-refractivity contribution in [1.29, 1.82) is 0 Å². The molecule has 3 atom stereocenters. The maximum atomic E-state index is 10.4. The predicted molar refractivity (Wildman–Crippen MR) is 78.2 cm³/mol. The van der Waals surface area contributed by atoms with Crippen LogP contribution in [0.1, 0.15) is 37.9 Å². The summed E-state index contributed by atoms with van der Waals surface area (Å²) in [6, 6.07) is 5.89. The Kier molecular flexibility index (Phi) is 3.37. The van der Waals surface area contributed by atoms with Crippen molar-refractivity contribution in [2.24, 2.45) is 0 Å². The molecular formula is C14H17BrO2S. The molecule has 0 radical (unpaired) electrons. The maximum absolute atomic E-state index is 10.4. The number of aliphatic hydroxyl groups is 1. The van der Waals surface area contributed by atoms with Crippen LogP contribution in [0, 0.1) is 0 Å². The Morgan fingerprint density at radius 3 is 3.11 bits per heavy atom. The fraction of sp³-hybridized carbons (Fsp3) is 0.571. The standard InChI is InChI=1S/C14H17BrO2S/c1-9-14(5-2-6-18-9)8-12(16)11-4-3-10(15)7-13(11)17-14/h3-4,7,9,12,16H,2,5-6,8H2,1H3. The summed E-state index contributed by atoms with van der Waals surface area (Å²) in [5.74, 6) is 2.05. The van der Waals surface area contributed by atoms with Crippen molar-refractivity contribution < 1.29 is 9.84 Å². The summed E-state index contributed by atoms with van der Waals surface area (Å²) in [6.07, 6.45) is 2.54. The Bertz CT molecular complexity index is 465. The highest BCUT2D eigenvalue weighted by atomic mass is 79.9. The first kappa shape index (κ1) is 12.8. The SMILES string of the molecule is CC1SCCCC12CC(O)c1ccc(Br)cc1O2. The lowest BCUT2D eigenvalue weighted by Crippen LogP contribution is -2.50. The van der Waals surface area contributed by atoms with E-state index < -0.39 is 6.10 Å². The second-order valence-electron chi connectivity index (χ2n) is 5.19. The Morgan fingerprint density at radius 2 is 2.33 bits per heavy atom. The summed E-state index contributed by atoms with van der Waals surface area (Å²) in [4.78, 5) is 0. The molecule has 1 fully saturated rings. The molecule has 2 nitrogen and oxygen atoms in total. The lowest BCUT2D eigenvalue weighted by atomic mass is 9.83. The van der Waals surface area contributed by atoms with Gasteiger partial charge in [-0.15, -0.1) is 0 Å². The van der Waals surface area contributed by atoms with E-state index in [4.69, 9.17) is 4.74 Å². The molecule has 0 bridgehead atoms. The number of fused-ring (bicyclic) bond motifs is 1. The topological polar surface area (TPSA) is 29.5 Å². The summed E-state index contributed by atoms with van der Waals surface area (Å²) in [7, 11) is 0. The van der Waals surface area contributed by atoms with Crippen LogP contribution in [0.2, 0.25) is 0 Å². The third kappa shape index (κ3) is 2.08. The van der Waals surface area contributed by atoms with Gasteiger partial charge in [0.2, 0.25) is 0 Å². The number of halogens is 1. The molecule has 3 unspecified atom stereocenters. The number of hydrogen-bond acceptors (Lipinski definition) is 3. The summed E-state index contributed by atoms with van der Waals surface area (Å²) < 4.78 is 7.31. The number of thioether (sulfide) groups is 1. The number of hydrogen-bond donors (Lipinski definition) is 1. The molecule has 2 aliphatic rings. The van der Waals surface area contributed by atoms with E-state index in [0.717, 1.165) is 28.6 Å². The van der Waals surface area contributed by atoms with Crippen LogP contribution in [-0.2, 0) is 0 Å². The van der Waals surface area contributed by atoms with Gasteiger partial charge in [-0.05, 0) is 37.7 Å². The van der Waals surface area contributed by atoms with Crippen LogP contribution in [-0.4, -0.2) is 21.7 Å². The second-order valence-corrected chi connectivity index (χ2v) is 7.55. The Morgan fingerprint density at radius 1 is 1.50 bits per heavy atom. The van der Waals surface area contributed by atoms with Gasteiger partial charge in [0, 0.05) is 21.7 Å². The zero-order valence-electron chi connectivity index (χ0n) is 10.4. The van der Waals surface area contributed by atoms with Crippen molar-refractivity contribution in [2.45, 2.75) is 43.1 Å². The minimum Gasteiger partial charge on any atom is -0.486 e. The van der Waals surface area contributed by atoms with E-state index >= 15 is 0 Å². The third-order valence-electron chi connectivity index (χ3n) is 4.04. The van der Waals surface area contributed by atoms with E-state index in [1.165, 1.54) is 12.2 Å². The molecule has 0 saturated carbocycles. The Labute approximate surface area is 120 Å². The maximum Gasteiger partial charge on any atom is 0.127 e. The Hall–Kier alpha value is -0.190. The number of aliphatic hydroxyl groups excluding tert-OH is 1. The fourth-order valence-electron chi connectivity index (χ4n) is 2.96. The van der Waals surface area contributed by atoms with Gasteiger partial charge in [0.15, 0.2) is 0 Å². The highest BCUT2D eigenvalue weighted by Gasteiger charge is 2.46. The highest BCUT2D eigenvalue weighted by molar-refractivity contribution is 9.10. The summed E-state index contributed by atoms with van der Waals surface area (Å²) >= 11 is 5.43. The van der Waals surface area contributed by atoms with Crippen molar-refractivity contribution in [2.75, 3.05) is 5.75 Å². The quantitative estimate of drug-likeness (QED) is 0.782. The zero-order chi connectivity index (χ0) is 12.8. The normalized spacial score (nSPS) is 35.1. The molecule has 1 saturated heterocycles. The van der Waals surface area contributed by atoms with Gasteiger partial charge in [-0.2, -0.15) is 11.8 Å². The summed E-state index contributed by atoms with van der Waals surface area (Å²) in [5.41, 5.74) is 0.738. The van der Waals surface area contributed by atoms with E-state index in [9.17, 15) is 5.11 Å². The van der Waals surface area contributed by atoms with Crippen LogP contribution in [0.25, 0.3) is 0 Å². The molecule has 4 heteroatoms. The third-order valence-corrected chi connectivity index (χ3v) is 5.99. The van der Waals surface area contributed by atoms with Crippen LogP contribution >= 0.6 is 27.7 Å². The predicted octanol–water partition coefficient (Wildman–Crippen LogP) is 3.92. The van der Waals surface area contributed by atoms with E-state index in [2.05, 4.69) is 22.9 Å². The molecule has 2 heterocycles. The van der Waals surface area contributed by atoms with Crippen LogP contribution in [0.5, 0.6) is 5.75 Å². The monoisotopic (exact) mass is 328 g/mol. The van der Waals surface area contributed by atoms with Crippen LogP contribution in [0.4, 0.5) is 0 Å². The van der Waals surface area contributed by atoms with Gasteiger partial charge in [0.05, 0.1) is 6.10 Å². The molecule has 3 rings (SSSR count). The molecular weight excluding hydrogens is 312 g/mol. The zero-order valence-corrected chi connectivity index (χ0v) is 12.8. The summed E-state index contributed by atoms with van der Waals surface area (Å²) in [6.45, 7) is 2.22. The van der Waals surface area contributed by atoms with E-state index in [0.29, 0.717) is 5.25 Å². The van der Waals surface area contributed by atoms with Crippen molar-refractivity contribution in [3.8, 4) is 5.75 Å². The van der Waals surface area contributed by atoms with Gasteiger partial charge in [0.1, 0.15) is 11.4 Å². The fourth-order valence-corrected chi connectivity index (χ4v) is 4.53. The first-order valence-electron chi connectivity index (χ1n) is 6.39.